The molecule has 1 aromatic carbocycles. The van der Waals surface area contributed by atoms with E-state index in [1.165, 1.54) is 0 Å². The second-order valence-corrected chi connectivity index (χ2v) is 3.96. The molecule has 5 heteroatoms. The number of benzene rings is 1. The predicted octanol–water partition coefficient (Wildman–Crippen LogP) is 1.34. The number of hydrogen-bond acceptors (Lipinski definition) is 4. The van der Waals surface area contributed by atoms with Crippen LogP contribution in [0.1, 0.15) is 18.4 Å². The lowest BCUT2D eigenvalue weighted by atomic mass is 10.2. The standard InChI is InChI=1S/C12H16N2O3/c13-12(14-15)9-3-5-10(6-4-9)17-8-11-2-1-7-16-11/h3-6,11,15H,1-2,7-8H2,(H2,13,14). The molecule has 0 aliphatic carbocycles. The van der Waals surface area contributed by atoms with Crippen LogP contribution in [0.15, 0.2) is 29.4 Å². The molecule has 1 heterocycles. The Bertz CT molecular complexity index is 383. The van der Waals surface area contributed by atoms with Gasteiger partial charge in [0.05, 0.1) is 6.10 Å². The van der Waals surface area contributed by atoms with Crippen molar-refractivity contribution in [2.45, 2.75) is 18.9 Å². The van der Waals surface area contributed by atoms with Crippen LogP contribution in [0.3, 0.4) is 0 Å². The van der Waals surface area contributed by atoms with Gasteiger partial charge in [0, 0.05) is 12.2 Å². The normalized spacial score (nSPS) is 20.5. The lowest BCUT2D eigenvalue weighted by Crippen LogP contribution is -2.16. The highest BCUT2D eigenvalue weighted by Crippen LogP contribution is 2.16. The number of amidine groups is 1. The summed E-state index contributed by atoms with van der Waals surface area (Å²) in [4.78, 5) is 0. The van der Waals surface area contributed by atoms with Crippen LogP contribution >= 0.6 is 0 Å². The predicted molar refractivity (Wildman–Crippen MR) is 63.4 cm³/mol. The molecule has 1 aliphatic rings. The molecule has 0 bridgehead atoms. The van der Waals surface area contributed by atoms with Gasteiger partial charge in [-0.2, -0.15) is 0 Å². The quantitative estimate of drug-likeness (QED) is 0.358. The van der Waals surface area contributed by atoms with E-state index >= 15 is 0 Å². The summed E-state index contributed by atoms with van der Waals surface area (Å²) in [6, 6.07) is 7.09. The molecule has 1 saturated heterocycles. The minimum absolute atomic E-state index is 0.0932. The summed E-state index contributed by atoms with van der Waals surface area (Å²) in [5.74, 6) is 0.852. The van der Waals surface area contributed by atoms with E-state index in [1.54, 1.807) is 24.3 Å². The Morgan fingerprint density at radius 3 is 2.82 bits per heavy atom. The van der Waals surface area contributed by atoms with Crippen molar-refractivity contribution in [2.24, 2.45) is 10.9 Å². The van der Waals surface area contributed by atoms with Crippen molar-refractivity contribution in [1.29, 1.82) is 0 Å². The summed E-state index contributed by atoms with van der Waals surface area (Å²) in [7, 11) is 0. The first-order valence-corrected chi connectivity index (χ1v) is 5.62. The van der Waals surface area contributed by atoms with Crippen molar-refractivity contribution < 1.29 is 14.7 Å². The van der Waals surface area contributed by atoms with Gasteiger partial charge in [0.2, 0.25) is 0 Å². The largest absolute Gasteiger partial charge is 0.491 e. The Morgan fingerprint density at radius 2 is 2.24 bits per heavy atom. The smallest absolute Gasteiger partial charge is 0.170 e. The van der Waals surface area contributed by atoms with Gasteiger partial charge in [0.1, 0.15) is 12.4 Å². The topological polar surface area (TPSA) is 77.1 Å². The van der Waals surface area contributed by atoms with Gasteiger partial charge in [0.25, 0.3) is 0 Å². The molecule has 0 saturated carbocycles. The maximum atomic E-state index is 8.52. The zero-order chi connectivity index (χ0) is 12.1. The molecule has 0 aromatic heterocycles. The zero-order valence-electron chi connectivity index (χ0n) is 9.50. The Balaban J connectivity index is 1.89. The number of rotatable bonds is 4. The molecular formula is C12H16N2O3. The van der Waals surface area contributed by atoms with Gasteiger partial charge in [0.15, 0.2) is 5.84 Å². The Kier molecular flexibility index (Phi) is 3.82. The van der Waals surface area contributed by atoms with Crippen LogP contribution in [0.5, 0.6) is 5.75 Å². The highest BCUT2D eigenvalue weighted by Gasteiger charge is 2.15. The van der Waals surface area contributed by atoms with Crippen LogP contribution in [0, 0.1) is 0 Å². The highest BCUT2D eigenvalue weighted by atomic mass is 16.5. The van der Waals surface area contributed by atoms with Gasteiger partial charge >= 0.3 is 0 Å². The first-order chi connectivity index (χ1) is 8.29. The molecule has 0 spiro atoms. The average molecular weight is 236 g/mol. The summed E-state index contributed by atoms with van der Waals surface area (Å²) in [5, 5.41) is 11.5. The maximum Gasteiger partial charge on any atom is 0.170 e. The summed E-state index contributed by atoms with van der Waals surface area (Å²) in [5.41, 5.74) is 6.12. The zero-order valence-corrected chi connectivity index (χ0v) is 9.50. The monoisotopic (exact) mass is 236 g/mol. The van der Waals surface area contributed by atoms with Crippen LogP contribution < -0.4 is 10.5 Å². The van der Waals surface area contributed by atoms with E-state index in [4.69, 9.17) is 20.4 Å². The third kappa shape index (κ3) is 3.10. The van der Waals surface area contributed by atoms with Gasteiger partial charge in [-0.25, -0.2) is 0 Å². The van der Waals surface area contributed by atoms with Crippen LogP contribution in [-0.2, 0) is 4.74 Å². The number of oxime groups is 1. The fraction of sp³-hybridized carbons (Fsp3) is 0.417. The number of nitrogens with two attached hydrogens (primary N) is 1. The number of nitrogens with zero attached hydrogens (tertiary/aromatic N) is 1. The molecule has 1 aromatic rings. The van der Waals surface area contributed by atoms with Crippen molar-refractivity contribution in [2.75, 3.05) is 13.2 Å². The molecule has 0 amide bonds. The fourth-order valence-corrected chi connectivity index (χ4v) is 1.74. The molecule has 3 N–H and O–H groups in total. The van der Waals surface area contributed by atoms with E-state index < -0.39 is 0 Å². The Labute approximate surface area is 99.8 Å². The first-order valence-electron chi connectivity index (χ1n) is 5.62. The lowest BCUT2D eigenvalue weighted by molar-refractivity contribution is 0.0679. The third-order valence-electron chi connectivity index (χ3n) is 2.72. The molecule has 1 aliphatic heterocycles. The molecule has 1 atom stereocenters. The lowest BCUT2D eigenvalue weighted by Gasteiger charge is -2.11. The Hall–Kier alpha value is -1.75. The van der Waals surface area contributed by atoms with E-state index in [1.807, 2.05) is 0 Å². The minimum atomic E-state index is 0.0932. The van der Waals surface area contributed by atoms with Gasteiger partial charge in [-0.05, 0) is 37.1 Å². The van der Waals surface area contributed by atoms with Crippen molar-refractivity contribution >= 4 is 5.84 Å². The van der Waals surface area contributed by atoms with Crippen molar-refractivity contribution in [3.05, 3.63) is 29.8 Å². The van der Waals surface area contributed by atoms with Crippen molar-refractivity contribution in [1.82, 2.24) is 0 Å². The molecule has 17 heavy (non-hydrogen) atoms. The summed E-state index contributed by atoms with van der Waals surface area (Å²) < 4.78 is 11.0. The second-order valence-electron chi connectivity index (χ2n) is 3.96. The van der Waals surface area contributed by atoms with E-state index in [-0.39, 0.29) is 11.9 Å². The molecular weight excluding hydrogens is 220 g/mol. The van der Waals surface area contributed by atoms with Gasteiger partial charge < -0.3 is 20.4 Å². The molecule has 1 fully saturated rings. The van der Waals surface area contributed by atoms with Gasteiger partial charge in [-0.15, -0.1) is 0 Å². The molecule has 5 nitrogen and oxygen atoms in total. The summed E-state index contributed by atoms with van der Waals surface area (Å²) >= 11 is 0. The maximum absolute atomic E-state index is 8.52. The molecule has 0 radical (unpaired) electrons. The average Bonchev–Trinajstić information content (AvgIpc) is 2.89. The van der Waals surface area contributed by atoms with Crippen molar-refractivity contribution in [3.63, 3.8) is 0 Å². The van der Waals surface area contributed by atoms with Crippen LogP contribution in [0.2, 0.25) is 0 Å². The second kappa shape index (κ2) is 5.54. The molecule has 1 unspecified atom stereocenters. The number of hydrogen-bond donors (Lipinski definition) is 2. The van der Waals surface area contributed by atoms with E-state index in [0.717, 1.165) is 25.2 Å². The summed E-state index contributed by atoms with van der Waals surface area (Å²) in [6.07, 6.45) is 2.37. The van der Waals surface area contributed by atoms with E-state index in [0.29, 0.717) is 12.2 Å². The van der Waals surface area contributed by atoms with Gasteiger partial charge in [-0.3, -0.25) is 0 Å². The fourth-order valence-electron chi connectivity index (χ4n) is 1.74. The molecule has 92 valence electrons. The summed E-state index contributed by atoms with van der Waals surface area (Å²) in [6.45, 7) is 1.40. The van der Waals surface area contributed by atoms with E-state index in [9.17, 15) is 0 Å². The third-order valence-corrected chi connectivity index (χ3v) is 2.72. The SMILES string of the molecule is N/C(=N\O)c1ccc(OCC2CCCO2)cc1. The van der Waals surface area contributed by atoms with Gasteiger partial charge in [-0.1, -0.05) is 5.16 Å². The van der Waals surface area contributed by atoms with E-state index in [2.05, 4.69) is 5.16 Å². The van der Waals surface area contributed by atoms with Crippen LogP contribution in [0.4, 0.5) is 0 Å². The van der Waals surface area contributed by atoms with Crippen LogP contribution in [0.25, 0.3) is 0 Å². The number of ether oxygens (including phenoxy) is 2. The Morgan fingerprint density at radius 1 is 1.47 bits per heavy atom. The first kappa shape index (κ1) is 11.7. The minimum Gasteiger partial charge on any atom is -0.491 e. The highest BCUT2D eigenvalue weighted by molar-refractivity contribution is 5.97. The van der Waals surface area contributed by atoms with Crippen LogP contribution in [-0.4, -0.2) is 30.4 Å². The molecule has 2 rings (SSSR count). The van der Waals surface area contributed by atoms with Crippen molar-refractivity contribution in [3.8, 4) is 5.75 Å².